The van der Waals surface area contributed by atoms with Crippen LogP contribution in [0, 0.1) is 28.9 Å². The maximum Gasteiger partial charge on any atom is 0.270 e. The molecule has 1 unspecified atom stereocenters. The van der Waals surface area contributed by atoms with Crippen molar-refractivity contribution in [3.8, 4) is 0 Å². The molecule has 0 saturated carbocycles. The van der Waals surface area contributed by atoms with Gasteiger partial charge in [-0.05, 0) is 37.7 Å². The number of piperidine rings is 1. The third-order valence-corrected chi connectivity index (χ3v) is 7.56. The Kier molecular flexibility index (Phi) is 5.50. The predicted molar refractivity (Wildman–Crippen MR) is 100 cm³/mol. The lowest BCUT2D eigenvalue weighted by Gasteiger charge is -2.35. The minimum atomic E-state index is -3.75. The van der Waals surface area contributed by atoms with E-state index in [1.165, 1.54) is 16.4 Å². The largest absolute Gasteiger partial charge is 0.270 e. The number of rotatable bonds is 4. The molecule has 1 aromatic rings. The van der Waals surface area contributed by atoms with Gasteiger partial charge in [0.05, 0.1) is 9.82 Å². The molecule has 2 aliphatic rings. The Morgan fingerprint density at radius 2 is 1.96 bits per heavy atom. The van der Waals surface area contributed by atoms with Crippen molar-refractivity contribution < 1.29 is 13.3 Å². The second-order valence-corrected chi connectivity index (χ2v) is 9.07. The van der Waals surface area contributed by atoms with Gasteiger partial charge in [-0.1, -0.05) is 35.9 Å². The molecule has 0 N–H and O–H groups in total. The lowest BCUT2D eigenvalue weighted by molar-refractivity contribution is -0.385. The van der Waals surface area contributed by atoms with E-state index < -0.39 is 14.9 Å². The number of nitro benzene ring substituents is 1. The number of halogens is 1. The van der Waals surface area contributed by atoms with Crippen LogP contribution in [-0.4, -0.2) is 30.7 Å². The molecule has 3 rings (SSSR count). The number of nitro groups is 1. The molecule has 140 valence electrons. The molecule has 1 atom stereocenters. The van der Waals surface area contributed by atoms with Crippen molar-refractivity contribution in [3.63, 3.8) is 0 Å². The number of nitrogens with zero attached hydrogens (tertiary/aromatic N) is 2. The molecule has 0 radical (unpaired) electrons. The Bertz CT molecular complexity index is 871. The quantitative estimate of drug-likeness (QED) is 0.437. The first-order chi connectivity index (χ1) is 12.3. The Balaban J connectivity index is 1.77. The van der Waals surface area contributed by atoms with Crippen LogP contribution in [-0.2, 0) is 10.0 Å². The van der Waals surface area contributed by atoms with Gasteiger partial charge >= 0.3 is 0 Å². The van der Waals surface area contributed by atoms with Crippen LogP contribution in [0.2, 0.25) is 0 Å². The van der Waals surface area contributed by atoms with Crippen molar-refractivity contribution in [3.05, 3.63) is 57.1 Å². The van der Waals surface area contributed by atoms with Gasteiger partial charge in [-0.2, -0.15) is 4.31 Å². The first-order valence-corrected chi connectivity index (χ1v) is 10.4. The smallest absolute Gasteiger partial charge is 0.258 e. The van der Waals surface area contributed by atoms with E-state index in [2.05, 4.69) is 12.2 Å². The second kappa shape index (κ2) is 7.50. The van der Waals surface area contributed by atoms with E-state index in [4.69, 9.17) is 11.6 Å². The highest BCUT2D eigenvalue weighted by atomic mass is 35.5. The fraction of sp³-hybridized carbons (Fsp3) is 0.444. The highest BCUT2D eigenvalue weighted by Gasteiger charge is 2.34. The standard InChI is InChI=1S/C18H21ClN2O4S/c1-13-6-7-15(21(22)23)12-18(13)26(24,25)20-10-8-14(9-11-20)16-4-2-3-5-17(16)19/h2,4-7,12,14,16H,3,8-11H2,1H3. The van der Waals surface area contributed by atoms with Gasteiger partial charge in [-0.15, -0.1) is 0 Å². The fourth-order valence-corrected chi connectivity index (χ4v) is 5.66. The Morgan fingerprint density at radius 3 is 2.58 bits per heavy atom. The average molecular weight is 397 g/mol. The molecule has 0 aromatic heterocycles. The maximum absolute atomic E-state index is 13.0. The van der Waals surface area contributed by atoms with Crippen molar-refractivity contribution in [2.45, 2.75) is 31.1 Å². The fourth-order valence-electron chi connectivity index (χ4n) is 3.61. The predicted octanol–water partition coefficient (Wildman–Crippen LogP) is 4.00. The van der Waals surface area contributed by atoms with Crippen molar-refractivity contribution in [2.75, 3.05) is 13.1 Å². The molecule has 1 aliphatic carbocycles. The Hall–Kier alpha value is -1.70. The first kappa shape index (κ1) is 19.1. The van der Waals surface area contributed by atoms with Crippen molar-refractivity contribution in [1.29, 1.82) is 0 Å². The normalized spacial score (nSPS) is 22.2. The zero-order valence-corrected chi connectivity index (χ0v) is 16.0. The van der Waals surface area contributed by atoms with Gasteiger partial charge in [0.15, 0.2) is 0 Å². The van der Waals surface area contributed by atoms with Crippen LogP contribution in [0.15, 0.2) is 46.4 Å². The Labute approximate surface area is 158 Å². The third kappa shape index (κ3) is 3.70. The topological polar surface area (TPSA) is 80.5 Å². The van der Waals surface area contributed by atoms with Gasteiger partial charge in [-0.25, -0.2) is 8.42 Å². The summed E-state index contributed by atoms with van der Waals surface area (Å²) in [6.07, 6.45) is 8.48. The van der Waals surface area contributed by atoms with E-state index in [9.17, 15) is 18.5 Å². The van der Waals surface area contributed by atoms with Gasteiger partial charge in [0.1, 0.15) is 0 Å². The zero-order chi connectivity index (χ0) is 18.9. The summed E-state index contributed by atoms with van der Waals surface area (Å²) in [4.78, 5) is 10.4. The minimum Gasteiger partial charge on any atom is -0.258 e. The van der Waals surface area contributed by atoms with E-state index in [1.807, 2.05) is 6.08 Å². The molecule has 0 spiro atoms. The van der Waals surface area contributed by atoms with Gasteiger partial charge < -0.3 is 0 Å². The Morgan fingerprint density at radius 1 is 1.27 bits per heavy atom. The van der Waals surface area contributed by atoms with Gasteiger partial charge in [0, 0.05) is 36.2 Å². The van der Waals surface area contributed by atoms with E-state index >= 15 is 0 Å². The number of hydrogen-bond donors (Lipinski definition) is 0. The number of hydrogen-bond acceptors (Lipinski definition) is 4. The molecule has 26 heavy (non-hydrogen) atoms. The van der Waals surface area contributed by atoms with Crippen molar-refractivity contribution in [2.24, 2.45) is 11.8 Å². The van der Waals surface area contributed by atoms with E-state index in [0.29, 0.717) is 37.4 Å². The lowest BCUT2D eigenvalue weighted by Crippen LogP contribution is -2.40. The number of allylic oxidation sites excluding steroid dienone is 4. The van der Waals surface area contributed by atoms with Crippen molar-refractivity contribution >= 4 is 27.3 Å². The summed E-state index contributed by atoms with van der Waals surface area (Å²) < 4.78 is 27.4. The molecule has 0 amide bonds. The van der Waals surface area contributed by atoms with E-state index in [-0.39, 0.29) is 16.5 Å². The summed E-state index contributed by atoms with van der Waals surface area (Å²) >= 11 is 6.32. The summed E-state index contributed by atoms with van der Waals surface area (Å²) in [5.74, 6) is 0.475. The van der Waals surface area contributed by atoms with E-state index in [0.717, 1.165) is 17.5 Å². The molecule has 6 nitrogen and oxygen atoms in total. The minimum absolute atomic E-state index is 0.0145. The molecular formula is C18H21ClN2O4S. The number of non-ortho nitro benzene ring substituents is 1. The highest BCUT2D eigenvalue weighted by Crippen LogP contribution is 2.36. The van der Waals surface area contributed by atoms with Gasteiger partial charge in [0.25, 0.3) is 5.69 Å². The molecular weight excluding hydrogens is 376 g/mol. The summed E-state index contributed by atoms with van der Waals surface area (Å²) in [5.41, 5.74) is 0.298. The van der Waals surface area contributed by atoms with Gasteiger partial charge in [-0.3, -0.25) is 10.1 Å². The molecule has 1 aliphatic heterocycles. The van der Waals surface area contributed by atoms with E-state index in [1.54, 1.807) is 6.92 Å². The van der Waals surface area contributed by atoms with Crippen LogP contribution in [0.4, 0.5) is 5.69 Å². The summed E-state index contributed by atoms with van der Waals surface area (Å²) in [6.45, 7) is 2.44. The SMILES string of the molecule is Cc1ccc([N+](=O)[O-])cc1S(=O)(=O)N1CCC(C2C=CCC=C2Cl)CC1. The summed E-state index contributed by atoms with van der Waals surface area (Å²) in [6, 6.07) is 3.96. The number of benzene rings is 1. The molecule has 1 saturated heterocycles. The molecule has 1 heterocycles. The average Bonchev–Trinajstić information content (AvgIpc) is 2.62. The number of aryl methyl sites for hydroxylation is 1. The van der Waals surface area contributed by atoms with Crippen molar-refractivity contribution in [1.82, 2.24) is 4.31 Å². The molecule has 0 bridgehead atoms. The molecule has 1 fully saturated rings. The summed E-state index contributed by atoms with van der Waals surface area (Å²) in [5, 5.41) is 11.8. The summed E-state index contributed by atoms with van der Waals surface area (Å²) in [7, 11) is -3.75. The van der Waals surface area contributed by atoms with Crippen LogP contribution in [0.5, 0.6) is 0 Å². The van der Waals surface area contributed by atoms with Crippen LogP contribution in [0.25, 0.3) is 0 Å². The maximum atomic E-state index is 13.0. The second-order valence-electron chi connectivity index (χ2n) is 6.73. The van der Waals surface area contributed by atoms with Crippen LogP contribution >= 0.6 is 11.6 Å². The van der Waals surface area contributed by atoms with Crippen LogP contribution in [0.3, 0.4) is 0 Å². The van der Waals surface area contributed by atoms with Crippen LogP contribution in [0.1, 0.15) is 24.8 Å². The zero-order valence-electron chi connectivity index (χ0n) is 14.5. The molecule has 1 aromatic carbocycles. The molecule has 8 heteroatoms. The van der Waals surface area contributed by atoms with Crippen LogP contribution < -0.4 is 0 Å². The monoisotopic (exact) mass is 396 g/mol. The highest BCUT2D eigenvalue weighted by molar-refractivity contribution is 7.89. The number of sulfonamides is 1. The third-order valence-electron chi connectivity index (χ3n) is 5.12. The first-order valence-electron chi connectivity index (χ1n) is 8.58. The lowest BCUT2D eigenvalue weighted by atomic mass is 9.82. The van der Waals surface area contributed by atoms with Gasteiger partial charge in [0.2, 0.25) is 10.0 Å².